The third-order valence-electron chi connectivity index (χ3n) is 6.74. The Morgan fingerprint density at radius 3 is 2.40 bits per heavy atom. The third kappa shape index (κ3) is 4.75. The minimum Gasteiger partial charge on any atom is -0.343 e. The molecule has 3 rings (SSSR count). The highest BCUT2D eigenvalue weighted by Gasteiger charge is 2.35. The van der Waals surface area contributed by atoms with Gasteiger partial charge in [-0.15, -0.1) is 0 Å². The average Bonchev–Trinajstić information content (AvgIpc) is 2.65. The highest BCUT2D eigenvalue weighted by Crippen LogP contribution is 2.39. The Labute approximate surface area is 152 Å². The summed E-state index contributed by atoms with van der Waals surface area (Å²) in [5.41, 5.74) is 6.11. The van der Waals surface area contributed by atoms with Crippen LogP contribution in [0.2, 0.25) is 0 Å². The molecule has 3 aliphatic rings. The van der Waals surface area contributed by atoms with Crippen LogP contribution in [0.4, 0.5) is 0 Å². The zero-order valence-corrected chi connectivity index (χ0v) is 15.7. The minimum atomic E-state index is 0.0619. The molecule has 3 fully saturated rings. The van der Waals surface area contributed by atoms with Crippen LogP contribution in [0.1, 0.15) is 70.6 Å². The molecule has 0 aromatic carbocycles. The molecule has 2 N–H and O–H groups in total. The van der Waals surface area contributed by atoms with Crippen LogP contribution in [0, 0.1) is 11.3 Å². The minimum absolute atomic E-state index is 0.0619. The van der Waals surface area contributed by atoms with Gasteiger partial charge in [0.2, 0.25) is 11.8 Å². The number of rotatable bonds is 5. The van der Waals surface area contributed by atoms with Crippen molar-refractivity contribution in [1.82, 2.24) is 9.80 Å². The topological polar surface area (TPSA) is 66.6 Å². The summed E-state index contributed by atoms with van der Waals surface area (Å²) in [7, 11) is 0. The molecule has 2 heterocycles. The van der Waals surface area contributed by atoms with Crippen LogP contribution >= 0.6 is 0 Å². The molecule has 0 atom stereocenters. The van der Waals surface area contributed by atoms with Gasteiger partial charge < -0.3 is 15.5 Å². The molecule has 2 saturated heterocycles. The quantitative estimate of drug-likeness (QED) is 0.829. The van der Waals surface area contributed by atoms with E-state index in [0.29, 0.717) is 30.7 Å². The van der Waals surface area contributed by atoms with Crippen LogP contribution in [0.25, 0.3) is 0 Å². The largest absolute Gasteiger partial charge is 0.343 e. The van der Waals surface area contributed by atoms with Gasteiger partial charge in [0, 0.05) is 39.0 Å². The first-order valence-corrected chi connectivity index (χ1v) is 10.4. The number of piperidine rings is 2. The first-order chi connectivity index (χ1) is 12.1. The van der Waals surface area contributed by atoms with E-state index in [9.17, 15) is 9.59 Å². The molecule has 1 aliphatic carbocycles. The van der Waals surface area contributed by atoms with Gasteiger partial charge in [-0.1, -0.05) is 19.3 Å². The SMILES string of the molecule is NCC1(CC(=O)N2CCC(CN3CCCCC3=O)CC2)CCCCC1. The molecular formula is C20H35N3O2. The highest BCUT2D eigenvalue weighted by molar-refractivity contribution is 5.77. The molecule has 142 valence electrons. The second kappa shape index (κ2) is 8.52. The van der Waals surface area contributed by atoms with Gasteiger partial charge in [0.05, 0.1) is 0 Å². The van der Waals surface area contributed by atoms with Crippen LogP contribution in [0.3, 0.4) is 0 Å². The molecule has 0 radical (unpaired) electrons. The zero-order chi connectivity index (χ0) is 17.7. The maximum Gasteiger partial charge on any atom is 0.223 e. The summed E-state index contributed by atoms with van der Waals surface area (Å²) in [5.74, 6) is 1.19. The molecule has 0 spiro atoms. The van der Waals surface area contributed by atoms with Crippen LogP contribution in [-0.4, -0.2) is 54.3 Å². The number of hydrogen-bond donors (Lipinski definition) is 1. The molecule has 0 bridgehead atoms. The molecule has 2 amide bonds. The summed E-state index contributed by atoms with van der Waals surface area (Å²) in [6.45, 7) is 4.18. The molecular weight excluding hydrogens is 314 g/mol. The van der Waals surface area contributed by atoms with Crippen molar-refractivity contribution >= 4 is 11.8 Å². The van der Waals surface area contributed by atoms with E-state index in [1.54, 1.807) is 0 Å². The summed E-state index contributed by atoms with van der Waals surface area (Å²) in [4.78, 5) is 28.9. The first-order valence-electron chi connectivity index (χ1n) is 10.4. The molecule has 1 saturated carbocycles. The van der Waals surface area contributed by atoms with Crippen molar-refractivity contribution in [3.8, 4) is 0 Å². The summed E-state index contributed by atoms with van der Waals surface area (Å²) in [6.07, 6.45) is 11.6. The molecule has 25 heavy (non-hydrogen) atoms. The van der Waals surface area contributed by atoms with Crippen molar-refractivity contribution in [2.45, 2.75) is 70.6 Å². The Balaban J connectivity index is 1.45. The van der Waals surface area contributed by atoms with E-state index in [4.69, 9.17) is 5.73 Å². The lowest BCUT2D eigenvalue weighted by Crippen LogP contribution is -2.46. The fraction of sp³-hybridized carbons (Fsp3) is 0.900. The monoisotopic (exact) mass is 349 g/mol. The molecule has 0 unspecified atom stereocenters. The fourth-order valence-electron chi connectivity index (χ4n) is 4.92. The zero-order valence-electron chi connectivity index (χ0n) is 15.7. The smallest absolute Gasteiger partial charge is 0.223 e. The van der Waals surface area contributed by atoms with Crippen molar-refractivity contribution in [3.63, 3.8) is 0 Å². The second-order valence-corrected chi connectivity index (χ2v) is 8.56. The van der Waals surface area contributed by atoms with Crippen molar-refractivity contribution < 1.29 is 9.59 Å². The van der Waals surface area contributed by atoms with E-state index in [1.165, 1.54) is 19.3 Å². The summed E-state index contributed by atoms with van der Waals surface area (Å²) < 4.78 is 0. The van der Waals surface area contributed by atoms with E-state index < -0.39 is 0 Å². The van der Waals surface area contributed by atoms with Crippen molar-refractivity contribution in [2.75, 3.05) is 32.7 Å². The fourth-order valence-corrected chi connectivity index (χ4v) is 4.92. The van der Waals surface area contributed by atoms with Gasteiger partial charge in [0.15, 0.2) is 0 Å². The number of likely N-dealkylation sites (tertiary alicyclic amines) is 2. The Morgan fingerprint density at radius 2 is 1.76 bits per heavy atom. The number of carbonyl (C=O) groups excluding carboxylic acids is 2. The Kier molecular flexibility index (Phi) is 6.37. The Hall–Kier alpha value is -1.10. The molecule has 5 heteroatoms. The molecule has 0 aromatic rings. The summed E-state index contributed by atoms with van der Waals surface area (Å²) in [6, 6.07) is 0. The van der Waals surface area contributed by atoms with Gasteiger partial charge in [-0.2, -0.15) is 0 Å². The van der Waals surface area contributed by atoms with Gasteiger partial charge >= 0.3 is 0 Å². The van der Waals surface area contributed by atoms with E-state index in [-0.39, 0.29) is 5.41 Å². The molecule has 2 aliphatic heterocycles. The Bertz CT molecular complexity index is 466. The number of carbonyl (C=O) groups is 2. The average molecular weight is 350 g/mol. The molecule has 5 nitrogen and oxygen atoms in total. The first kappa shape index (κ1) is 18.7. The van der Waals surface area contributed by atoms with Crippen LogP contribution in [-0.2, 0) is 9.59 Å². The predicted octanol–water partition coefficient (Wildman–Crippen LogP) is 2.54. The third-order valence-corrected chi connectivity index (χ3v) is 6.74. The maximum atomic E-state index is 12.8. The number of nitrogens with two attached hydrogens (primary N) is 1. The van der Waals surface area contributed by atoms with Gasteiger partial charge in [0.25, 0.3) is 0 Å². The van der Waals surface area contributed by atoms with Gasteiger partial charge in [-0.05, 0) is 56.4 Å². The number of amides is 2. The normalized spacial score (nSPS) is 25.2. The maximum absolute atomic E-state index is 12.8. The Morgan fingerprint density at radius 1 is 1.04 bits per heavy atom. The lowest BCUT2D eigenvalue weighted by Gasteiger charge is -2.40. The van der Waals surface area contributed by atoms with E-state index in [2.05, 4.69) is 9.80 Å². The van der Waals surface area contributed by atoms with E-state index in [0.717, 1.165) is 71.1 Å². The number of nitrogens with zero attached hydrogens (tertiary/aromatic N) is 2. The highest BCUT2D eigenvalue weighted by atomic mass is 16.2. The standard InChI is InChI=1S/C20H35N3O2/c21-16-20(9-3-1-4-10-20)14-19(25)22-12-7-17(8-13-22)15-23-11-5-2-6-18(23)24/h17H,1-16,21H2. The van der Waals surface area contributed by atoms with Crippen molar-refractivity contribution in [2.24, 2.45) is 17.1 Å². The van der Waals surface area contributed by atoms with Crippen LogP contribution in [0.15, 0.2) is 0 Å². The summed E-state index contributed by atoms with van der Waals surface area (Å²) >= 11 is 0. The van der Waals surface area contributed by atoms with Crippen molar-refractivity contribution in [1.29, 1.82) is 0 Å². The second-order valence-electron chi connectivity index (χ2n) is 8.56. The van der Waals surface area contributed by atoms with Crippen LogP contribution < -0.4 is 5.73 Å². The van der Waals surface area contributed by atoms with Gasteiger partial charge in [0.1, 0.15) is 0 Å². The molecule has 0 aromatic heterocycles. The van der Waals surface area contributed by atoms with Crippen molar-refractivity contribution in [3.05, 3.63) is 0 Å². The predicted molar refractivity (Wildman–Crippen MR) is 98.9 cm³/mol. The van der Waals surface area contributed by atoms with Crippen LogP contribution in [0.5, 0.6) is 0 Å². The summed E-state index contributed by atoms with van der Waals surface area (Å²) in [5, 5.41) is 0. The lowest BCUT2D eigenvalue weighted by molar-refractivity contribution is -0.137. The van der Waals surface area contributed by atoms with E-state index in [1.807, 2.05) is 0 Å². The van der Waals surface area contributed by atoms with Gasteiger partial charge in [-0.3, -0.25) is 9.59 Å². The lowest BCUT2D eigenvalue weighted by atomic mass is 9.71. The van der Waals surface area contributed by atoms with E-state index >= 15 is 0 Å². The number of hydrogen-bond acceptors (Lipinski definition) is 3. The van der Waals surface area contributed by atoms with Gasteiger partial charge in [-0.25, -0.2) is 0 Å².